The number of halogens is 3. The van der Waals surface area contributed by atoms with Crippen LogP contribution < -0.4 is 11.1 Å². The zero-order valence-electron chi connectivity index (χ0n) is 9.38. The third kappa shape index (κ3) is 3.06. The van der Waals surface area contributed by atoms with Gasteiger partial charge in [0.05, 0.1) is 21.4 Å². The van der Waals surface area contributed by atoms with Crippen molar-refractivity contribution in [2.45, 2.75) is 6.54 Å². The summed E-state index contributed by atoms with van der Waals surface area (Å²) in [6, 6.07) is 9.57. The molecule has 0 amide bonds. The van der Waals surface area contributed by atoms with Gasteiger partial charge in [0, 0.05) is 6.54 Å². The summed E-state index contributed by atoms with van der Waals surface area (Å²) in [6.45, 7) is 0.458. The average molecular weight is 285 g/mol. The van der Waals surface area contributed by atoms with E-state index in [1.165, 1.54) is 12.1 Å². The van der Waals surface area contributed by atoms with Gasteiger partial charge in [-0.1, -0.05) is 35.3 Å². The van der Waals surface area contributed by atoms with Crippen molar-refractivity contribution < 1.29 is 4.39 Å². The fraction of sp³-hybridized carbons (Fsp3) is 0.0769. The first-order chi connectivity index (χ1) is 8.56. The third-order valence-electron chi connectivity index (χ3n) is 2.46. The molecule has 18 heavy (non-hydrogen) atoms. The average Bonchev–Trinajstić information content (AvgIpc) is 2.32. The van der Waals surface area contributed by atoms with E-state index in [4.69, 9.17) is 28.9 Å². The topological polar surface area (TPSA) is 38.0 Å². The second-order valence-corrected chi connectivity index (χ2v) is 4.65. The molecule has 2 aromatic carbocycles. The molecule has 0 bridgehead atoms. The predicted octanol–water partition coefficient (Wildman–Crippen LogP) is 4.33. The maximum Gasteiger partial charge on any atom is 0.123 e. The van der Waals surface area contributed by atoms with E-state index >= 15 is 0 Å². The highest BCUT2D eigenvalue weighted by Crippen LogP contribution is 2.30. The van der Waals surface area contributed by atoms with Crippen LogP contribution in [0.25, 0.3) is 0 Å². The highest BCUT2D eigenvalue weighted by Gasteiger charge is 2.05. The lowest BCUT2D eigenvalue weighted by Crippen LogP contribution is -2.02. The zero-order valence-corrected chi connectivity index (χ0v) is 10.9. The van der Waals surface area contributed by atoms with Crippen LogP contribution in [0.5, 0.6) is 0 Å². The van der Waals surface area contributed by atoms with Crippen LogP contribution in [0.15, 0.2) is 36.4 Å². The smallest absolute Gasteiger partial charge is 0.123 e. The summed E-state index contributed by atoms with van der Waals surface area (Å²) < 4.78 is 13.0. The van der Waals surface area contributed by atoms with Crippen molar-refractivity contribution in [3.05, 3.63) is 57.8 Å². The highest BCUT2D eigenvalue weighted by molar-refractivity contribution is 6.42. The van der Waals surface area contributed by atoms with Gasteiger partial charge in [0.2, 0.25) is 0 Å². The first-order valence-corrected chi connectivity index (χ1v) is 6.04. The van der Waals surface area contributed by atoms with Gasteiger partial charge >= 0.3 is 0 Å². The molecule has 5 heteroatoms. The van der Waals surface area contributed by atoms with E-state index in [9.17, 15) is 4.39 Å². The summed E-state index contributed by atoms with van der Waals surface area (Å²) in [5, 5.41) is 3.92. The minimum Gasteiger partial charge on any atom is -0.397 e. The van der Waals surface area contributed by atoms with Crippen LogP contribution in [-0.2, 0) is 6.54 Å². The second kappa shape index (κ2) is 5.46. The maximum atomic E-state index is 13.0. The molecule has 0 aliphatic heterocycles. The summed E-state index contributed by atoms with van der Waals surface area (Å²) in [4.78, 5) is 0. The molecule has 0 saturated heterocycles. The molecule has 0 radical (unpaired) electrons. The Morgan fingerprint density at radius 1 is 1.11 bits per heavy atom. The monoisotopic (exact) mass is 284 g/mol. The lowest BCUT2D eigenvalue weighted by Gasteiger charge is -2.10. The minimum absolute atomic E-state index is 0.267. The van der Waals surface area contributed by atoms with Gasteiger partial charge in [0.15, 0.2) is 0 Å². The summed E-state index contributed by atoms with van der Waals surface area (Å²) in [5.74, 6) is -0.267. The van der Waals surface area contributed by atoms with Gasteiger partial charge in [0.1, 0.15) is 5.82 Å². The Morgan fingerprint density at radius 3 is 2.56 bits per heavy atom. The van der Waals surface area contributed by atoms with Crippen molar-refractivity contribution in [3.63, 3.8) is 0 Å². The summed E-state index contributed by atoms with van der Waals surface area (Å²) in [5.41, 5.74) is 7.80. The van der Waals surface area contributed by atoms with Crippen LogP contribution in [-0.4, -0.2) is 0 Å². The van der Waals surface area contributed by atoms with Crippen molar-refractivity contribution in [3.8, 4) is 0 Å². The number of nitrogens with one attached hydrogen (secondary N) is 1. The lowest BCUT2D eigenvalue weighted by atomic mass is 10.2. The Bertz CT molecular complexity index is 573. The minimum atomic E-state index is -0.267. The first kappa shape index (κ1) is 13.0. The van der Waals surface area contributed by atoms with E-state index < -0.39 is 0 Å². The van der Waals surface area contributed by atoms with Crippen molar-refractivity contribution >= 4 is 34.6 Å². The number of anilines is 2. The Balaban J connectivity index is 2.13. The molecule has 94 valence electrons. The summed E-state index contributed by atoms with van der Waals surface area (Å²) in [7, 11) is 0. The van der Waals surface area contributed by atoms with Crippen LogP contribution in [0.3, 0.4) is 0 Å². The molecule has 0 heterocycles. The second-order valence-electron chi connectivity index (χ2n) is 3.84. The molecule has 0 saturated carbocycles. The van der Waals surface area contributed by atoms with Crippen molar-refractivity contribution in [2.75, 3.05) is 11.1 Å². The van der Waals surface area contributed by atoms with Crippen LogP contribution in [0.2, 0.25) is 10.0 Å². The molecular weight excluding hydrogens is 274 g/mol. The normalized spacial score (nSPS) is 10.4. The maximum absolute atomic E-state index is 13.0. The van der Waals surface area contributed by atoms with E-state index in [0.29, 0.717) is 28.0 Å². The van der Waals surface area contributed by atoms with Crippen LogP contribution in [0.4, 0.5) is 15.8 Å². The summed E-state index contributed by atoms with van der Waals surface area (Å²) >= 11 is 11.7. The van der Waals surface area contributed by atoms with Gasteiger partial charge in [-0.25, -0.2) is 4.39 Å². The number of nitrogen functional groups attached to an aromatic ring is 1. The Hall–Kier alpha value is -1.45. The van der Waals surface area contributed by atoms with Gasteiger partial charge in [-0.3, -0.25) is 0 Å². The Labute approximate surface area is 115 Å². The standard InChI is InChI=1S/C13H11Cl2FN2/c14-10-5-12(17)13(6-11(10)15)18-7-8-2-1-3-9(16)4-8/h1-6,18H,7,17H2. The van der Waals surface area contributed by atoms with E-state index in [2.05, 4.69) is 5.32 Å². The van der Waals surface area contributed by atoms with Crippen LogP contribution >= 0.6 is 23.2 Å². The SMILES string of the molecule is Nc1cc(Cl)c(Cl)cc1NCc1cccc(F)c1. The number of hydrogen-bond donors (Lipinski definition) is 2. The molecule has 0 aliphatic rings. The molecule has 0 aromatic heterocycles. The van der Waals surface area contributed by atoms with Crippen molar-refractivity contribution in [1.82, 2.24) is 0 Å². The fourth-order valence-electron chi connectivity index (χ4n) is 1.56. The van der Waals surface area contributed by atoms with E-state index in [-0.39, 0.29) is 5.82 Å². The summed E-state index contributed by atoms with van der Waals surface area (Å²) in [6.07, 6.45) is 0. The van der Waals surface area contributed by atoms with Crippen molar-refractivity contribution in [2.24, 2.45) is 0 Å². The van der Waals surface area contributed by atoms with Crippen molar-refractivity contribution in [1.29, 1.82) is 0 Å². The van der Waals surface area contributed by atoms with E-state index in [1.54, 1.807) is 18.2 Å². The predicted molar refractivity (Wildman–Crippen MR) is 74.6 cm³/mol. The molecule has 3 N–H and O–H groups in total. The number of benzene rings is 2. The van der Waals surface area contributed by atoms with Crippen LogP contribution in [0, 0.1) is 5.82 Å². The largest absolute Gasteiger partial charge is 0.397 e. The Morgan fingerprint density at radius 2 is 1.83 bits per heavy atom. The molecular formula is C13H11Cl2FN2. The van der Waals surface area contributed by atoms with E-state index in [0.717, 1.165) is 5.56 Å². The highest BCUT2D eigenvalue weighted by atomic mass is 35.5. The van der Waals surface area contributed by atoms with E-state index in [1.807, 2.05) is 6.07 Å². The zero-order chi connectivity index (χ0) is 13.1. The molecule has 0 aliphatic carbocycles. The quantitative estimate of drug-likeness (QED) is 0.824. The molecule has 2 rings (SSSR count). The number of nitrogens with two attached hydrogens (primary N) is 1. The number of hydrogen-bond acceptors (Lipinski definition) is 2. The van der Waals surface area contributed by atoms with Gasteiger partial charge in [0.25, 0.3) is 0 Å². The molecule has 0 spiro atoms. The number of rotatable bonds is 3. The molecule has 0 fully saturated rings. The molecule has 2 aromatic rings. The third-order valence-corrected chi connectivity index (χ3v) is 3.19. The van der Waals surface area contributed by atoms with Gasteiger partial charge in [-0.05, 0) is 29.8 Å². The molecule has 2 nitrogen and oxygen atoms in total. The van der Waals surface area contributed by atoms with Crippen LogP contribution in [0.1, 0.15) is 5.56 Å². The first-order valence-electron chi connectivity index (χ1n) is 5.29. The Kier molecular flexibility index (Phi) is 3.94. The molecule has 0 atom stereocenters. The van der Waals surface area contributed by atoms with Gasteiger partial charge in [-0.15, -0.1) is 0 Å². The molecule has 0 unspecified atom stereocenters. The van der Waals surface area contributed by atoms with Gasteiger partial charge in [-0.2, -0.15) is 0 Å². The van der Waals surface area contributed by atoms with Gasteiger partial charge < -0.3 is 11.1 Å². The fourth-order valence-corrected chi connectivity index (χ4v) is 1.90. The lowest BCUT2D eigenvalue weighted by molar-refractivity contribution is 0.626.